The first-order valence-corrected chi connectivity index (χ1v) is 7.75. The Bertz CT molecular complexity index is 244. The van der Waals surface area contributed by atoms with Crippen molar-refractivity contribution in [2.75, 3.05) is 6.61 Å². The van der Waals surface area contributed by atoms with Gasteiger partial charge in [0.15, 0.2) is 0 Å². The Morgan fingerprint density at radius 3 is 2.00 bits per heavy atom. The number of unbranched alkanes of at least 4 members (excludes halogenated alkanes) is 9. The number of carbonyl (C=O) groups is 1. The predicted molar refractivity (Wildman–Crippen MR) is 82.1 cm³/mol. The lowest BCUT2D eigenvalue weighted by atomic mass is 10.1. The van der Waals surface area contributed by atoms with Gasteiger partial charge < -0.3 is 4.74 Å². The largest absolute Gasteiger partial charge is 0.463 e. The van der Waals surface area contributed by atoms with Gasteiger partial charge in [0, 0.05) is 6.08 Å². The van der Waals surface area contributed by atoms with E-state index in [-0.39, 0.29) is 5.97 Å². The summed E-state index contributed by atoms with van der Waals surface area (Å²) in [5.41, 5.74) is 0. The van der Waals surface area contributed by atoms with Crippen LogP contribution in [0.25, 0.3) is 0 Å². The van der Waals surface area contributed by atoms with Crippen LogP contribution in [0.4, 0.5) is 0 Å². The molecule has 0 aliphatic carbocycles. The van der Waals surface area contributed by atoms with Crippen LogP contribution in [0.1, 0.15) is 71.1 Å². The minimum absolute atomic E-state index is 0.220. The molecule has 0 unspecified atom stereocenters. The number of ether oxygens (including phenoxy) is 1. The Morgan fingerprint density at radius 1 is 0.947 bits per heavy atom. The molecule has 0 radical (unpaired) electrons. The van der Waals surface area contributed by atoms with Gasteiger partial charge in [-0.1, -0.05) is 50.7 Å². The second-order valence-electron chi connectivity index (χ2n) is 4.85. The molecule has 2 nitrogen and oxygen atoms in total. The first kappa shape index (κ1) is 17.9. The molecule has 0 spiro atoms. The van der Waals surface area contributed by atoms with Gasteiger partial charge in [-0.2, -0.15) is 0 Å². The molecule has 0 fully saturated rings. The molecule has 0 atom stereocenters. The summed E-state index contributed by atoms with van der Waals surface area (Å²) in [4.78, 5) is 11.0. The molecule has 19 heavy (non-hydrogen) atoms. The maximum absolute atomic E-state index is 11.0. The summed E-state index contributed by atoms with van der Waals surface area (Å²) in [7, 11) is 0. The third kappa shape index (κ3) is 14.9. The molecule has 0 aromatic carbocycles. The molecule has 0 aliphatic rings. The van der Waals surface area contributed by atoms with E-state index >= 15 is 0 Å². The lowest BCUT2D eigenvalue weighted by molar-refractivity contribution is -0.137. The van der Waals surface area contributed by atoms with E-state index in [1.165, 1.54) is 51.4 Å². The van der Waals surface area contributed by atoms with Crippen molar-refractivity contribution in [3.63, 3.8) is 0 Å². The van der Waals surface area contributed by atoms with Crippen LogP contribution in [-0.4, -0.2) is 12.6 Å². The van der Waals surface area contributed by atoms with E-state index in [4.69, 9.17) is 4.74 Å². The zero-order valence-electron chi connectivity index (χ0n) is 12.5. The standard InChI is InChI=1S/C17H30O2/c1-3-5-6-7-8-9-10-11-12-13-14-15-16-17(18)19-4-2/h3,15-16H,1,4-14H2,2H3/b16-15+. The van der Waals surface area contributed by atoms with Crippen molar-refractivity contribution in [2.45, 2.75) is 71.1 Å². The molecule has 0 N–H and O–H groups in total. The molecule has 0 saturated carbocycles. The van der Waals surface area contributed by atoms with Gasteiger partial charge in [-0.3, -0.25) is 0 Å². The molecule has 0 saturated heterocycles. The van der Waals surface area contributed by atoms with Crippen molar-refractivity contribution in [2.24, 2.45) is 0 Å². The summed E-state index contributed by atoms with van der Waals surface area (Å²) >= 11 is 0. The second-order valence-corrected chi connectivity index (χ2v) is 4.85. The fraction of sp³-hybridized carbons (Fsp3) is 0.706. The minimum atomic E-state index is -0.220. The first-order chi connectivity index (χ1) is 9.31. The smallest absolute Gasteiger partial charge is 0.330 e. The molecule has 2 heteroatoms. The molecule has 0 aromatic rings. The highest BCUT2D eigenvalue weighted by atomic mass is 16.5. The minimum Gasteiger partial charge on any atom is -0.463 e. The topological polar surface area (TPSA) is 26.3 Å². The van der Waals surface area contributed by atoms with Gasteiger partial charge in [0.05, 0.1) is 6.61 Å². The Balaban J connectivity index is 3.14. The number of esters is 1. The Morgan fingerprint density at radius 2 is 1.47 bits per heavy atom. The maximum Gasteiger partial charge on any atom is 0.330 e. The van der Waals surface area contributed by atoms with Crippen LogP contribution in [0.15, 0.2) is 24.8 Å². The molecular formula is C17H30O2. The van der Waals surface area contributed by atoms with E-state index in [1.807, 2.05) is 19.1 Å². The van der Waals surface area contributed by atoms with Crippen LogP contribution in [0.3, 0.4) is 0 Å². The molecule has 0 aromatic heterocycles. The highest BCUT2D eigenvalue weighted by molar-refractivity contribution is 5.81. The summed E-state index contributed by atoms with van der Waals surface area (Å²) in [5.74, 6) is -0.220. The molecule has 0 aliphatic heterocycles. The lowest BCUT2D eigenvalue weighted by Crippen LogP contribution is -1.98. The van der Waals surface area contributed by atoms with Crippen LogP contribution in [0.5, 0.6) is 0 Å². The third-order valence-electron chi connectivity index (χ3n) is 3.07. The van der Waals surface area contributed by atoms with Crippen molar-refractivity contribution in [3.05, 3.63) is 24.8 Å². The molecule has 0 amide bonds. The predicted octanol–water partition coefficient (Wildman–Crippen LogP) is 5.19. The van der Waals surface area contributed by atoms with E-state index in [2.05, 4.69) is 6.58 Å². The van der Waals surface area contributed by atoms with E-state index in [0.29, 0.717) is 6.61 Å². The fourth-order valence-corrected chi connectivity index (χ4v) is 1.98. The van der Waals surface area contributed by atoms with Crippen LogP contribution in [0, 0.1) is 0 Å². The fourth-order valence-electron chi connectivity index (χ4n) is 1.98. The van der Waals surface area contributed by atoms with Gasteiger partial charge in [0.25, 0.3) is 0 Å². The zero-order chi connectivity index (χ0) is 14.2. The summed E-state index contributed by atoms with van der Waals surface area (Å²) in [6, 6.07) is 0. The van der Waals surface area contributed by atoms with Crippen molar-refractivity contribution in [1.29, 1.82) is 0 Å². The van der Waals surface area contributed by atoms with Gasteiger partial charge in [-0.25, -0.2) is 4.79 Å². The molecule has 0 heterocycles. The lowest BCUT2D eigenvalue weighted by Gasteiger charge is -2.00. The first-order valence-electron chi connectivity index (χ1n) is 7.75. The summed E-state index contributed by atoms with van der Waals surface area (Å²) in [5, 5.41) is 0. The van der Waals surface area contributed by atoms with Crippen LogP contribution in [-0.2, 0) is 9.53 Å². The van der Waals surface area contributed by atoms with E-state index in [1.54, 1.807) is 6.08 Å². The van der Waals surface area contributed by atoms with Crippen molar-refractivity contribution >= 4 is 5.97 Å². The van der Waals surface area contributed by atoms with Crippen molar-refractivity contribution < 1.29 is 9.53 Å². The van der Waals surface area contributed by atoms with Crippen LogP contribution >= 0.6 is 0 Å². The monoisotopic (exact) mass is 266 g/mol. The highest BCUT2D eigenvalue weighted by Crippen LogP contribution is 2.10. The van der Waals surface area contributed by atoms with E-state index in [9.17, 15) is 4.79 Å². The summed E-state index contributed by atoms with van der Waals surface area (Å²) in [6.45, 7) is 6.01. The molecule has 0 bridgehead atoms. The quantitative estimate of drug-likeness (QED) is 0.198. The Kier molecular flexibility index (Phi) is 14.2. The van der Waals surface area contributed by atoms with Crippen molar-refractivity contribution in [3.8, 4) is 0 Å². The Hall–Kier alpha value is -1.05. The van der Waals surface area contributed by atoms with Gasteiger partial charge in [0.2, 0.25) is 0 Å². The maximum atomic E-state index is 11.0. The number of rotatable bonds is 13. The number of carbonyl (C=O) groups excluding carboxylic acids is 1. The molecule has 0 rings (SSSR count). The van der Waals surface area contributed by atoms with Crippen LogP contribution in [0.2, 0.25) is 0 Å². The second kappa shape index (κ2) is 15.0. The highest BCUT2D eigenvalue weighted by Gasteiger charge is 1.93. The normalized spacial score (nSPS) is 10.8. The average molecular weight is 266 g/mol. The summed E-state index contributed by atoms with van der Waals surface area (Å²) in [6.07, 6.45) is 18.1. The van der Waals surface area contributed by atoms with Crippen LogP contribution < -0.4 is 0 Å². The van der Waals surface area contributed by atoms with Gasteiger partial charge in [0.1, 0.15) is 0 Å². The number of allylic oxidation sites excluding steroid dienone is 2. The summed E-state index contributed by atoms with van der Waals surface area (Å²) < 4.78 is 4.81. The van der Waals surface area contributed by atoms with E-state index in [0.717, 1.165) is 12.8 Å². The van der Waals surface area contributed by atoms with E-state index < -0.39 is 0 Å². The molecular weight excluding hydrogens is 236 g/mol. The third-order valence-corrected chi connectivity index (χ3v) is 3.07. The number of hydrogen-bond acceptors (Lipinski definition) is 2. The zero-order valence-corrected chi connectivity index (χ0v) is 12.5. The van der Waals surface area contributed by atoms with Gasteiger partial charge >= 0.3 is 5.97 Å². The SMILES string of the molecule is C=CCCCCCCCCCC/C=C/C(=O)OCC. The average Bonchev–Trinajstić information content (AvgIpc) is 2.40. The molecule has 110 valence electrons. The van der Waals surface area contributed by atoms with Crippen molar-refractivity contribution in [1.82, 2.24) is 0 Å². The number of hydrogen-bond donors (Lipinski definition) is 0. The van der Waals surface area contributed by atoms with Gasteiger partial charge in [-0.15, -0.1) is 6.58 Å². The Labute approximate surface area is 118 Å². The van der Waals surface area contributed by atoms with Gasteiger partial charge in [-0.05, 0) is 32.6 Å².